The van der Waals surface area contributed by atoms with E-state index < -0.39 is 0 Å². The third kappa shape index (κ3) is 4.08. The highest BCUT2D eigenvalue weighted by Gasteiger charge is 2.24. The Morgan fingerprint density at radius 2 is 1.85 bits per heavy atom. The fourth-order valence-electron chi connectivity index (χ4n) is 3.50. The van der Waals surface area contributed by atoms with Crippen LogP contribution in [0.15, 0.2) is 36.4 Å². The lowest BCUT2D eigenvalue weighted by Crippen LogP contribution is -2.48. The monoisotopic (exact) mass is 390 g/mol. The van der Waals surface area contributed by atoms with E-state index in [-0.39, 0.29) is 18.5 Å². The third-order valence-electron chi connectivity index (χ3n) is 4.90. The summed E-state index contributed by atoms with van der Waals surface area (Å²) in [5.41, 5.74) is 2.52. The SMILES string of the molecule is O=C(c1ccc(F)cc1)N1CCN(Cc2cc(Cl)cc3c2OCOC3)CC1. The number of rotatable bonds is 3. The summed E-state index contributed by atoms with van der Waals surface area (Å²) in [6.07, 6.45) is 0. The number of fused-ring (bicyclic) bond motifs is 1. The molecule has 27 heavy (non-hydrogen) atoms. The average Bonchev–Trinajstić information content (AvgIpc) is 2.68. The van der Waals surface area contributed by atoms with Crippen LogP contribution >= 0.6 is 11.6 Å². The standard InChI is InChI=1S/C20H20ClFN2O3/c21-17-9-15(19-16(10-17)12-26-13-27-19)11-23-5-7-24(8-6-23)20(25)14-1-3-18(22)4-2-14/h1-4,9-10H,5-8,11-13H2. The molecule has 2 aromatic carbocycles. The van der Waals surface area contributed by atoms with Crippen molar-refractivity contribution in [3.8, 4) is 5.75 Å². The summed E-state index contributed by atoms with van der Waals surface area (Å²) in [5, 5.41) is 0.669. The molecule has 0 bridgehead atoms. The Hall–Kier alpha value is -2.15. The van der Waals surface area contributed by atoms with Gasteiger partial charge >= 0.3 is 0 Å². The number of hydrogen-bond acceptors (Lipinski definition) is 4. The molecule has 0 radical (unpaired) electrons. The number of piperazine rings is 1. The van der Waals surface area contributed by atoms with Gasteiger partial charge in [0.2, 0.25) is 0 Å². The maximum Gasteiger partial charge on any atom is 0.253 e. The van der Waals surface area contributed by atoms with Gasteiger partial charge in [0.1, 0.15) is 11.6 Å². The predicted molar refractivity (Wildman–Crippen MR) is 99.3 cm³/mol. The molecule has 0 aromatic heterocycles. The second-order valence-electron chi connectivity index (χ2n) is 6.74. The van der Waals surface area contributed by atoms with Crippen molar-refractivity contribution in [1.29, 1.82) is 0 Å². The number of hydrogen-bond donors (Lipinski definition) is 0. The molecule has 2 heterocycles. The average molecular weight is 391 g/mol. The molecular weight excluding hydrogens is 371 g/mol. The van der Waals surface area contributed by atoms with Crippen LogP contribution in [-0.2, 0) is 17.9 Å². The van der Waals surface area contributed by atoms with E-state index in [1.807, 2.05) is 17.0 Å². The van der Waals surface area contributed by atoms with Gasteiger partial charge in [-0.2, -0.15) is 0 Å². The lowest BCUT2D eigenvalue weighted by atomic mass is 10.1. The number of benzene rings is 2. The molecule has 0 saturated carbocycles. The summed E-state index contributed by atoms with van der Waals surface area (Å²) in [6, 6.07) is 9.50. The normalized spacial score (nSPS) is 17.3. The third-order valence-corrected chi connectivity index (χ3v) is 5.11. The molecule has 2 aliphatic rings. The molecule has 0 unspecified atom stereocenters. The largest absolute Gasteiger partial charge is 0.467 e. The second kappa shape index (κ2) is 7.84. The first kappa shape index (κ1) is 18.2. The Morgan fingerprint density at radius 1 is 1.11 bits per heavy atom. The molecule has 2 aliphatic heterocycles. The molecule has 2 aromatic rings. The molecule has 1 saturated heterocycles. The van der Waals surface area contributed by atoms with E-state index in [0.29, 0.717) is 36.8 Å². The first-order valence-corrected chi connectivity index (χ1v) is 9.27. The Bertz CT molecular complexity index is 836. The lowest BCUT2D eigenvalue weighted by molar-refractivity contribution is -0.0176. The van der Waals surface area contributed by atoms with E-state index in [1.165, 1.54) is 24.3 Å². The zero-order chi connectivity index (χ0) is 18.8. The highest BCUT2D eigenvalue weighted by atomic mass is 35.5. The zero-order valence-electron chi connectivity index (χ0n) is 14.8. The van der Waals surface area contributed by atoms with E-state index in [2.05, 4.69) is 4.90 Å². The van der Waals surface area contributed by atoms with Crippen molar-refractivity contribution in [3.63, 3.8) is 0 Å². The molecule has 142 valence electrons. The summed E-state index contributed by atoms with van der Waals surface area (Å²) in [7, 11) is 0. The molecule has 0 atom stereocenters. The summed E-state index contributed by atoms with van der Waals surface area (Å²) < 4.78 is 24.0. The Labute approximate surface area is 162 Å². The fraction of sp³-hybridized carbons (Fsp3) is 0.350. The van der Waals surface area contributed by atoms with Crippen LogP contribution in [-0.4, -0.2) is 48.7 Å². The van der Waals surface area contributed by atoms with Crippen molar-refractivity contribution in [3.05, 3.63) is 63.9 Å². The van der Waals surface area contributed by atoms with Crippen LogP contribution in [0.2, 0.25) is 5.02 Å². The lowest BCUT2D eigenvalue weighted by Gasteiger charge is -2.35. The van der Waals surface area contributed by atoms with E-state index in [4.69, 9.17) is 21.1 Å². The second-order valence-corrected chi connectivity index (χ2v) is 7.18. The summed E-state index contributed by atoms with van der Waals surface area (Å²) >= 11 is 6.23. The van der Waals surface area contributed by atoms with Crippen LogP contribution in [0.25, 0.3) is 0 Å². The van der Waals surface area contributed by atoms with Gasteiger partial charge in [-0.05, 0) is 36.4 Å². The van der Waals surface area contributed by atoms with Crippen molar-refractivity contribution in [2.24, 2.45) is 0 Å². The van der Waals surface area contributed by atoms with E-state index in [9.17, 15) is 9.18 Å². The van der Waals surface area contributed by atoms with E-state index in [0.717, 1.165) is 30.0 Å². The summed E-state index contributed by atoms with van der Waals surface area (Å²) in [4.78, 5) is 16.6. The quantitative estimate of drug-likeness (QED) is 0.806. The van der Waals surface area contributed by atoms with Crippen LogP contribution < -0.4 is 4.74 Å². The van der Waals surface area contributed by atoms with Gasteiger partial charge < -0.3 is 14.4 Å². The number of ether oxygens (including phenoxy) is 2. The number of carbonyl (C=O) groups is 1. The van der Waals surface area contributed by atoms with Crippen LogP contribution in [0.5, 0.6) is 5.75 Å². The number of amides is 1. The maximum atomic E-state index is 13.0. The highest BCUT2D eigenvalue weighted by molar-refractivity contribution is 6.30. The number of carbonyl (C=O) groups excluding carboxylic acids is 1. The fourth-order valence-corrected chi connectivity index (χ4v) is 3.76. The van der Waals surface area contributed by atoms with Crippen molar-refractivity contribution in [2.45, 2.75) is 13.2 Å². The molecule has 1 amide bonds. The number of halogens is 2. The van der Waals surface area contributed by atoms with Gasteiger partial charge in [-0.1, -0.05) is 11.6 Å². The Kier molecular flexibility index (Phi) is 5.29. The first-order valence-electron chi connectivity index (χ1n) is 8.89. The van der Waals surface area contributed by atoms with Gasteiger partial charge in [0.15, 0.2) is 6.79 Å². The Morgan fingerprint density at radius 3 is 2.59 bits per heavy atom. The zero-order valence-corrected chi connectivity index (χ0v) is 15.5. The molecule has 4 rings (SSSR count). The van der Waals surface area contributed by atoms with Gasteiger partial charge in [-0.15, -0.1) is 0 Å². The number of nitrogens with zero attached hydrogens (tertiary/aromatic N) is 2. The molecule has 7 heteroatoms. The van der Waals surface area contributed by atoms with Crippen LogP contribution in [0.4, 0.5) is 4.39 Å². The topological polar surface area (TPSA) is 42.0 Å². The van der Waals surface area contributed by atoms with Crippen molar-refractivity contribution in [2.75, 3.05) is 33.0 Å². The Balaban J connectivity index is 1.39. The molecule has 0 N–H and O–H groups in total. The van der Waals surface area contributed by atoms with Gasteiger partial charge in [-0.3, -0.25) is 9.69 Å². The highest BCUT2D eigenvalue weighted by Crippen LogP contribution is 2.32. The van der Waals surface area contributed by atoms with Crippen LogP contribution in [0.3, 0.4) is 0 Å². The molecule has 0 aliphatic carbocycles. The predicted octanol–water partition coefficient (Wildman–Crippen LogP) is 3.30. The van der Waals surface area contributed by atoms with Gasteiger partial charge in [-0.25, -0.2) is 4.39 Å². The smallest absolute Gasteiger partial charge is 0.253 e. The molecule has 0 spiro atoms. The van der Waals surface area contributed by atoms with E-state index in [1.54, 1.807) is 0 Å². The van der Waals surface area contributed by atoms with Gasteiger partial charge in [0, 0.05) is 54.4 Å². The van der Waals surface area contributed by atoms with Crippen molar-refractivity contribution < 1.29 is 18.7 Å². The summed E-state index contributed by atoms with van der Waals surface area (Å²) in [5.74, 6) is 0.458. The first-order chi connectivity index (χ1) is 13.1. The van der Waals surface area contributed by atoms with Crippen LogP contribution in [0.1, 0.15) is 21.5 Å². The van der Waals surface area contributed by atoms with Gasteiger partial charge in [0.05, 0.1) is 6.61 Å². The minimum absolute atomic E-state index is 0.0599. The van der Waals surface area contributed by atoms with Gasteiger partial charge in [0.25, 0.3) is 5.91 Å². The minimum Gasteiger partial charge on any atom is -0.467 e. The molecule has 5 nitrogen and oxygen atoms in total. The minimum atomic E-state index is -0.339. The maximum absolute atomic E-state index is 13.0. The van der Waals surface area contributed by atoms with Crippen LogP contribution in [0, 0.1) is 5.82 Å². The van der Waals surface area contributed by atoms with E-state index >= 15 is 0 Å². The molecular formula is C20H20ClFN2O3. The van der Waals surface area contributed by atoms with Crippen molar-refractivity contribution >= 4 is 17.5 Å². The molecule has 1 fully saturated rings. The van der Waals surface area contributed by atoms with Crippen molar-refractivity contribution in [1.82, 2.24) is 9.80 Å². The summed E-state index contributed by atoms with van der Waals surface area (Å²) in [6.45, 7) is 4.23.